The molecule has 4 nitrogen and oxygen atoms in total. The summed E-state index contributed by atoms with van der Waals surface area (Å²) in [5, 5.41) is 5.74. The fraction of sp³-hybridized carbons (Fsp3) is 1.00. The number of hydroxylamine groups is 1. The second kappa shape index (κ2) is 0.984. The standard InChI is InChI=1S/CH3N3O/c1-2-4-5-3-1/h3H,1H2/p+1. The highest BCUT2D eigenvalue weighted by Crippen LogP contribution is 1.56. The van der Waals surface area contributed by atoms with Crippen molar-refractivity contribution in [3.8, 4) is 0 Å². The topological polar surface area (TPSA) is 47.6 Å². The van der Waals surface area contributed by atoms with Crippen LogP contribution >= 0.6 is 0 Å². The lowest BCUT2D eigenvalue weighted by atomic mass is 11.2. The highest BCUT2D eigenvalue weighted by atomic mass is 16.8. The minimum atomic E-state index is 0.611. The highest BCUT2D eigenvalue weighted by molar-refractivity contribution is 3.93. The van der Waals surface area contributed by atoms with Crippen LogP contribution in [0.1, 0.15) is 0 Å². The Morgan fingerprint density at radius 3 is 3.20 bits per heavy atom. The Labute approximate surface area is 28.8 Å². The van der Waals surface area contributed by atoms with E-state index in [0.717, 1.165) is 0 Å². The maximum atomic E-state index is 4.21. The molecule has 1 heterocycles. The first-order valence-corrected chi connectivity index (χ1v) is 1.32. The number of hydrogen-bond donors (Lipinski definition) is 2. The van der Waals surface area contributed by atoms with Gasteiger partial charge in [-0.2, -0.15) is 0 Å². The molecule has 1 aliphatic rings. The molecule has 0 saturated heterocycles. The largest absolute Gasteiger partial charge is 0.255 e. The van der Waals surface area contributed by atoms with Crippen molar-refractivity contribution in [2.24, 2.45) is 5.28 Å². The van der Waals surface area contributed by atoms with E-state index in [1.165, 1.54) is 0 Å². The molecule has 0 aromatic rings. The summed E-state index contributed by atoms with van der Waals surface area (Å²) >= 11 is 0. The fourth-order valence-corrected chi connectivity index (χ4v) is 0.161. The Hall–Kier alpha value is -0.640. The molecular weight excluding hydrogens is 70.0 g/mol. The second-order valence-electron chi connectivity index (χ2n) is 0.662. The molecule has 28 valence electrons. The van der Waals surface area contributed by atoms with Crippen LogP contribution in [0.25, 0.3) is 0 Å². The van der Waals surface area contributed by atoms with Gasteiger partial charge >= 0.3 is 0 Å². The first-order valence-electron chi connectivity index (χ1n) is 1.32. The third kappa shape index (κ3) is 0.327. The zero-order valence-corrected chi connectivity index (χ0v) is 2.56. The molecular formula is CH4N3O+. The van der Waals surface area contributed by atoms with Gasteiger partial charge in [-0.25, -0.2) is 4.94 Å². The molecule has 1 rings (SSSR count). The molecule has 0 bridgehead atoms. The Bertz CT molecular complexity index is 44.9. The first kappa shape index (κ1) is 2.59. The van der Waals surface area contributed by atoms with Gasteiger partial charge in [0.15, 0.2) is 0 Å². The maximum absolute atomic E-state index is 4.21. The lowest BCUT2D eigenvalue weighted by Crippen LogP contribution is -2.65. The van der Waals surface area contributed by atoms with Gasteiger partial charge in [0.05, 0.1) is 0 Å². The van der Waals surface area contributed by atoms with Gasteiger partial charge in [0, 0.05) is 0 Å². The first-order chi connectivity index (χ1) is 2.50. The summed E-state index contributed by atoms with van der Waals surface area (Å²) in [6.45, 7) is 0.611. The van der Waals surface area contributed by atoms with Crippen molar-refractivity contribution < 1.29 is 10.1 Å². The van der Waals surface area contributed by atoms with Crippen LogP contribution in [0.4, 0.5) is 0 Å². The zero-order chi connectivity index (χ0) is 3.54. The lowest BCUT2D eigenvalue weighted by molar-refractivity contribution is -0.527. The molecule has 0 radical (unpaired) electrons. The van der Waals surface area contributed by atoms with E-state index in [-0.39, 0.29) is 0 Å². The fourth-order valence-electron chi connectivity index (χ4n) is 0.161. The van der Waals surface area contributed by atoms with Crippen molar-refractivity contribution in [2.45, 2.75) is 0 Å². The molecule has 0 amide bonds. The minimum absolute atomic E-state index is 0.611. The lowest BCUT2D eigenvalue weighted by Gasteiger charge is -1.68. The van der Waals surface area contributed by atoms with Gasteiger partial charge < -0.3 is 0 Å². The molecule has 0 atom stereocenters. The van der Waals surface area contributed by atoms with Gasteiger partial charge in [-0.1, -0.05) is 10.6 Å². The van der Waals surface area contributed by atoms with Crippen molar-refractivity contribution in [3.63, 3.8) is 0 Å². The third-order valence-electron chi connectivity index (χ3n) is 0.326. The van der Waals surface area contributed by atoms with Crippen LogP contribution in [-0.2, 0) is 4.94 Å². The van der Waals surface area contributed by atoms with Crippen molar-refractivity contribution in [3.05, 3.63) is 0 Å². The summed E-state index contributed by atoms with van der Waals surface area (Å²) in [7, 11) is 0. The Balaban J connectivity index is 2.32. The molecule has 0 unspecified atom stereocenters. The summed E-state index contributed by atoms with van der Waals surface area (Å²) in [6, 6.07) is 0. The van der Waals surface area contributed by atoms with E-state index < -0.39 is 0 Å². The smallest absolute Gasteiger partial charge is 0.241 e. The Morgan fingerprint density at radius 2 is 3.00 bits per heavy atom. The average Bonchev–Trinajstić information content (AvgIpc) is 1.76. The molecule has 0 spiro atoms. The third-order valence-corrected chi connectivity index (χ3v) is 0.326. The average molecular weight is 74.1 g/mol. The number of hydrogen-bond acceptors (Lipinski definition) is 3. The van der Waals surface area contributed by atoms with Crippen LogP contribution < -0.4 is 10.6 Å². The molecule has 0 aromatic carbocycles. The quantitative estimate of drug-likeness (QED) is 0.346. The van der Waals surface area contributed by atoms with Crippen LogP contribution in [0.15, 0.2) is 5.28 Å². The summed E-state index contributed by atoms with van der Waals surface area (Å²) in [4.78, 5) is 4.21. The predicted octanol–water partition coefficient (Wildman–Crippen LogP) is -2.07. The Morgan fingerprint density at radius 1 is 2.00 bits per heavy atom. The molecule has 0 aliphatic carbocycles. The van der Waals surface area contributed by atoms with Crippen molar-refractivity contribution >= 4 is 0 Å². The minimum Gasteiger partial charge on any atom is -0.241 e. The van der Waals surface area contributed by atoms with Crippen LogP contribution in [0.5, 0.6) is 0 Å². The van der Waals surface area contributed by atoms with E-state index in [1.807, 2.05) is 0 Å². The van der Waals surface area contributed by atoms with Gasteiger partial charge in [-0.15, -0.1) is 0 Å². The molecule has 0 saturated carbocycles. The summed E-state index contributed by atoms with van der Waals surface area (Å²) in [5.74, 6) is 0. The number of nitrogens with zero attached hydrogens (tertiary/aromatic N) is 1. The van der Waals surface area contributed by atoms with E-state index in [2.05, 4.69) is 20.8 Å². The molecule has 4 heteroatoms. The van der Waals surface area contributed by atoms with Crippen LogP contribution in [0, 0.1) is 0 Å². The number of rotatable bonds is 0. The van der Waals surface area contributed by atoms with Gasteiger partial charge in [0.2, 0.25) is 5.28 Å². The monoisotopic (exact) mass is 74.0 g/mol. The summed E-state index contributed by atoms with van der Waals surface area (Å²) in [5.41, 5.74) is 2.44. The molecule has 0 fully saturated rings. The molecule has 0 aromatic heterocycles. The van der Waals surface area contributed by atoms with E-state index >= 15 is 0 Å². The van der Waals surface area contributed by atoms with Gasteiger partial charge in [0.1, 0.15) is 0 Å². The second-order valence-corrected chi connectivity index (χ2v) is 0.662. The van der Waals surface area contributed by atoms with Gasteiger partial charge in [0.25, 0.3) is 6.67 Å². The SMILES string of the molecule is C1NON=[NH+]1. The maximum Gasteiger partial charge on any atom is 0.255 e. The zero-order valence-electron chi connectivity index (χ0n) is 2.56. The van der Waals surface area contributed by atoms with Gasteiger partial charge in [-0.3, -0.25) is 0 Å². The van der Waals surface area contributed by atoms with Crippen LogP contribution in [0.3, 0.4) is 0 Å². The van der Waals surface area contributed by atoms with E-state index in [9.17, 15) is 0 Å². The molecule has 5 heavy (non-hydrogen) atoms. The molecule has 2 N–H and O–H groups in total. The van der Waals surface area contributed by atoms with E-state index in [1.54, 1.807) is 0 Å². The van der Waals surface area contributed by atoms with Crippen LogP contribution in [-0.4, -0.2) is 6.67 Å². The molecule has 1 aliphatic heterocycles. The van der Waals surface area contributed by atoms with Crippen molar-refractivity contribution in [2.75, 3.05) is 6.67 Å². The van der Waals surface area contributed by atoms with Crippen molar-refractivity contribution in [1.82, 2.24) is 5.48 Å². The Kier molecular flexibility index (Phi) is 0.510. The van der Waals surface area contributed by atoms with E-state index in [0.29, 0.717) is 6.67 Å². The number of nitrogens with one attached hydrogen (secondary N) is 2. The van der Waals surface area contributed by atoms with Crippen molar-refractivity contribution in [1.29, 1.82) is 0 Å². The normalized spacial score (nSPS) is 19.2. The van der Waals surface area contributed by atoms with Gasteiger partial charge in [-0.05, 0) is 0 Å². The van der Waals surface area contributed by atoms with E-state index in [4.69, 9.17) is 0 Å². The highest BCUT2D eigenvalue weighted by Gasteiger charge is 1.92. The summed E-state index contributed by atoms with van der Waals surface area (Å²) in [6.07, 6.45) is 0. The van der Waals surface area contributed by atoms with Crippen LogP contribution in [0.2, 0.25) is 0 Å². The predicted molar refractivity (Wildman–Crippen MR) is 12.5 cm³/mol. The summed E-state index contributed by atoms with van der Waals surface area (Å²) < 4.78 is 0.